The van der Waals surface area contributed by atoms with E-state index >= 15 is 0 Å². The Balaban J connectivity index is 1.73. The number of amides is 1. The van der Waals surface area contributed by atoms with Gasteiger partial charge in [-0.3, -0.25) is 9.69 Å². The highest BCUT2D eigenvalue weighted by molar-refractivity contribution is 5.93. The van der Waals surface area contributed by atoms with Crippen LogP contribution in [0.5, 0.6) is 0 Å². The number of nitrogens with two attached hydrogens (primary N) is 1. The highest BCUT2D eigenvalue weighted by Gasteiger charge is 2.31. The van der Waals surface area contributed by atoms with E-state index in [0.29, 0.717) is 17.4 Å². The predicted octanol–water partition coefficient (Wildman–Crippen LogP) is 0.907. The number of aromatic nitrogens is 1. The van der Waals surface area contributed by atoms with Crippen LogP contribution in [0, 0.1) is 0 Å². The number of fused-ring (bicyclic) bond motifs is 1. The lowest BCUT2D eigenvalue weighted by Gasteiger charge is -2.25. The first-order chi connectivity index (χ1) is 8.74. The number of anilines is 1. The third kappa shape index (κ3) is 2.10. The highest BCUT2D eigenvalue weighted by atomic mass is 16.2. The molecule has 3 rings (SSSR count). The van der Waals surface area contributed by atoms with Crippen LogP contribution in [-0.4, -0.2) is 52.9 Å². The van der Waals surface area contributed by atoms with E-state index in [9.17, 15) is 4.79 Å². The fraction of sp³-hybridized carbons (Fsp3) is 0.615. The second-order valence-electron chi connectivity index (χ2n) is 5.28. The van der Waals surface area contributed by atoms with E-state index in [1.165, 1.54) is 19.4 Å². The van der Waals surface area contributed by atoms with Crippen molar-refractivity contribution >= 4 is 11.6 Å². The largest absolute Gasteiger partial charge is 0.397 e. The summed E-state index contributed by atoms with van der Waals surface area (Å²) >= 11 is 0. The van der Waals surface area contributed by atoms with Gasteiger partial charge in [-0.1, -0.05) is 0 Å². The molecule has 0 bridgehead atoms. The molecular weight excluding hydrogens is 228 g/mol. The van der Waals surface area contributed by atoms with Crippen LogP contribution >= 0.6 is 0 Å². The fourth-order valence-corrected chi connectivity index (χ4v) is 3.10. The molecule has 1 aromatic heterocycles. The van der Waals surface area contributed by atoms with Crippen LogP contribution in [0.15, 0.2) is 12.3 Å². The molecule has 0 aromatic carbocycles. The maximum absolute atomic E-state index is 12.4. The minimum absolute atomic E-state index is 0.0837. The summed E-state index contributed by atoms with van der Waals surface area (Å²) in [4.78, 5) is 19.8. The van der Waals surface area contributed by atoms with Crippen LogP contribution in [0.4, 0.5) is 5.69 Å². The summed E-state index contributed by atoms with van der Waals surface area (Å²) < 4.78 is 0. The maximum atomic E-state index is 12.4. The molecule has 0 radical (unpaired) electrons. The maximum Gasteiger partial charge on any atom is 0.270 e. The number of nitrogen functional groups attached to an aromatic ring is 1. The molecule has 1 amide bonds. The molecule has 98 valence electrons. The number of carbonyl (C=O) groups is 1. The van der Waals surface area contributed by atoms with Crippen LogP contribution in [0.3, 0.4) is 0 Å². The molecule has 18 heavy (non-hydrogen) atoms. The second kappa shape index (κ2) is 4.65. The summed E-state index contributed by atoms with van der Waals surface area (Å²) in [5.74, 6) is 0.0837. The van der Waals surface area contributed by atoms with Crippen molar-refractivity contribution in [2.45, 2.75) is 25.3 Å². The summed E-state index contributed by atoms with van der Waals surface area (Å²) in [5.41, 5.74) is 6.88. The van der Waals surface area contributed by atoms with Gasteiger partial charge in [0.05, 0.1) is 0 Å². The highest BCUT2D eigenvalue weighted by Crippen LogP contribution is 2.22. The Hall–Kier alpha value is -1.49. The zero-order valence-corrected chi connectivity index (χ0v) is 10.6. The van der Waals surface area contributed by atoms with Crippen LogP contribution in [0.2, 0.25) is 0 Å². The van der Waals surface area contributed by atoms with E-state index in [-0.39, 0.29) is 5.91 Å². The Labute approximate surface area is 107 Å². The Morgan fingerprint density at radius 2 is 2.17 bits per heavy atom. The first-order valence-electron chi connectivity index (χ1n) is 6.71. The molecule has 2 aliphatic heterocycles. The molecule has 1 unspecified atom stereocenters. The van der Waals surface area contributed by atoms with E-state index in [2.05, 4.69) is 9.88 Å². The Morgan fingerprint density at radius 3 is 2.94 bits per heavy atom. The number of hydrogen-bond donors (Lipinski definition) is 2. The lowest BCUT2D eigenvalue weighted by atomic mass is 10.2. The van der Waals surface area contributed by atoms with Crippen LogP contribution < -0.4 is 5.73 Å². The SMILES string of the molecule is Nc1c[nH]c(C(=O)N2CCCN3CCCC3C2)c1. The van der Waals surface area contributed by atoms with Gasteiger partial charge in [-0.15, -0.1) is 0 Å². The molecular formula is C13H20N4O. The molecule has 2 aliphatic rings. The second-order valence-corrected chi connectivity index (χ2v) is 5.28. The van der Waals surface area contributed by atoms with Crippen LogP contribution in [-0.2, 0) is 0 Å². The minimum atomic E-state index is 0.0837. The Morgan fingerprint density at radius 1 is 1.33 bits per heavy atom. The molecule has 5 heteroatoms. The number of hydrogen-bond acceptors (Lipinski definition) is 3. The molecule has 1 atom stereocenters. The van der Waals surface area contributed by atoms with E-state index < -0.39 is 0 Å². The van der Waals surface area contributed by atoms with Crippen molar-refractivity contribution in [3.8, 4) is 0 Å². The van der Waals surface area contributed by atoms with Gasteiger partial charge in [0, 0.05) is 37.6 Å². The molecule has 5 nitrogen and oxygen atoms in total. The van der Waals surface area contributed by atoms with Gasteiger partial charge in [0.2, 0.25) is 0 Å². The number of rotatable bonds is 1. The predicted molar refractivity (Wildman–Crippen MR) is 70.3 cm³/mol. The first kappa shape index (κ1) is 11.6. The molecule has 1 aromatic rings. The first-order valence-corrected chi connectivity index (χ1v) is 6.71. The van der Waals surface area contributed by atoms with E-state index in [1.807, 2.05) is 4.90 Å². The van der Waals surface area contributed by atoms with Crippen molar-refractivity contribution < 1.29 is 4.79 Å². The van der Waals surface area contributed by atoms with Gasteiger partial charge in [-0.05, 0) is 31.9 Å². The number of carbonyl (C=O) groups excluding carboxylic acids is 1. The summed E-state index contributed by atoms with van der Waals surface area (Å²) in [6.07, 6.45) is 5.23. The Kier molecular flexibility index (Phi) is 2.99. The number of nitrogens with one attached hydrogen (secondary N) is 1. The Bertz CT molecular complexity index is 442. The average Bonchev–Trinajstić information content (AvgIpc) is 2.93. The third-order valence-electron chi connectivity index (χ3n) is 4.03. The minimum Gasteiger partial charge on any atom is -0.397 e. The topological polar surface area (TPSA) is 65.4 Å². The number of H-pyrrole nitrogens is 1. The average molecular weight is 248 g/mol. The normalized spacial score (nSPS) is 24.9. The van der Waals surface area contributed by atoms with E-state index in [0.717, 1.165) is 26.1 Å². The van der Waals surface area contributed by atoms with Gasteiger partial charge in [-0.25, -0.2) is 0 Å². The van der Waals surface area contributed by atoms with Gasteiger partial charge in [0.1, 0.15) is 5.69 Å². The smallest absolute Gasteiger partial charge is 0.270 e. The van der Waals surface area contributed by atoms with Crippen molar-refractivity contribution in [3.05, 3.63) is 18.0 Å². The van der Waals surface area contributed by atoms with Gasteiger partial charge >= 0.3 is 0 Å². The molecule has 3 heterocycles. The lowest BCUT2D eigenvalue weighted by molar-refractivity contribution is 0.0738. The van der Waals surface area contributed by atoms with Crippen molar-refractivity contribution in [2.24, 2.45) is 0 Å². The van der Waals surface area contributed by atoms with Crippen molar-refractivity contribution in [1.82, 2.24) is 14.8 Å². The third-order valence-corrected chi connectivity index (χ3v) is 4.03. The summed E-state index contributed by atoms with van der Waals surface area (Å²) in [5, 5.41) is 0. The monoisotopic (exact) mass is 248 g/mol. The molecule has 0 saturated carbocycles. The lowest BCUT2D eigenvalue weighted by Crippen LogP contribution is -2.39. The standard InChI is InChI=1S/C13H20N4O/c14-10-7-12(15-8-10)13(18)17-6-2-5-16-4-1-3-11(16)9-17/h7-8,11,15H,1-6,9,14H2. The molecule has 2 saturated heterocycles. The van der Waals surface area contributed by atoms with Gasteiger partial charge in [-0.2, -0.15) is 0 Å². The zero-order chi connectivity index (χ0) is 12.5. The summed E-state index contributed by atoms with van der Waals surface area (Å²) in [6.45, 7) is 4.03. The van der Waals surface area contributed by atoms with Gasteiger partial charge in [0.25, 0.3) is 5.91 Å². The van der Waals surface area contributed by atoms with Crippen LogP contribution in [0.25, 0.3) is 0 Å². The van der Waals surface area contributed by atoms with Crippen LogP contribution in [0.1, 0.15) is 29.8 Å². The van der Waals surface area contributed by atoms with Crippen molar-refractivity contribution in [3.63, 3.8) is 0 Å². The number of nitrogens with zero attached hydrogens (tertiary/aromatic N) is 2. The van der Waals surface area contributed by atoms with Crippen molar-refractivity contribution in [2.75, 3.05) is 31.9 Å². The summed E-state index contributed by atoms with van der Waals surface area (Å²) in [6, 6.07) is 2.28. The zero-order valence-electron chi connectivity index (χ0n) is 10.6. The summed E-state index contributed by atoms with van der Waals surface area (Å²) in [7, 11) is 0. The van der Waals surface area contributed by atoms with Gasteiger partial charge in [0.15, 0.2) is 0 Å². The van der Waals surface area contributed by atoms with E-state index in [1.54, 1.807) is 12.3 Å². The van der Waals surface area contributed by atoms with Gasteiger partial charge < -0.3 is 15.6 Å². The molecule has 0 aliphatic carbocycles. The quantitative estimate of drug-likeness (QED) is 0.776. The fourth-order valence-electron chi connectivity index (χ4n) is 3.10. The van der Waals surface area contributed by atoms with Crippen molar-refractivity contribution in [1.29, 1.82) is 0 Å². The molecule has 3 N–H and O–H groups in total. The molecule has 0 spiro atoms. The number of aromatic amines is 1. The molecule has 2 fully saturated rings. The van der Waals surface area contributed by atoms with E-state index in [4.69, 9.17) is 5.73 Å².